The predicted molar refractivity (Wildman–Crippen MR) is 92.4 cm³/mol. The van der Waals surface area contributed by atoms with Gasteiger partial charge in [0.05, 0.1) is 12.5 Å². The summed E-state index contributed by atoms with van der Waals surface area (Å²) >= 11 is 0. The third-order valence-electron chi connectivity index (χ3n) is 3.86. The number of benzene rings is 1. The Balaban J connectivity index is 0.00000200. The SMILES string of the molecule is CC(C)c1ccc([C@H](CC#N)N2CCNCC2)cc1.Cl.Cl. The highest BCUT2D eigenvalue weighted by Gasteiger charge is 2.21. The van der Waals surface area contributed by atoms with Gasteiger partial charge in [0.25, 0.3) is 0 Å². The molecular formula is C16H25Cl2N3. The van der Waals surface area contributed by atoms with Crippen molar-refractivity contribution in [1.29, 1.82) is 5.26 Å². The molecule has 0 aromatic heterocycles. The molecule has 1 N–H and O–H groups in total. The molecule has 0 unspecified atom stereocenters. The van der Waals surface area contributed by atoms with Crippen molar-refractivity contribution in [2.75, 3.05) is 26.2 Å². The lowest BCUT2D eigenvalue weighted by atomic mass is 9.97. The number of hydrogen-bond donors (Lipinski definition) is 1. The van der Waals surface area contributed by atoms with Crippen LogP contribution in [0.25, 0.3) is 0 Å². The van der Waals surface area contributed by atoms with Crippen molar-refractivity contribution in [1.82, 2.24) is 10.2 Å². The first kappa shape index (κ1) is 20.2. The minimum atomic E-state index is 0. The largest absolute Gasteiger partial charge is 0.314 e. The van der Waals surface area contributed by atoms with Gasteiger partial charge in [-0.25, -0.2) is 0 Å². The number of hydrogen-bond acceptors (Lipinski definition) is 3. The van der Waals surface area contributed by atoms with E-state index >= 15 is 0 Å². The summed E-state index contributed by atoms with van der Waals surface area (Å²) in [6.07, 6.45) is 0.570. The van der Waals surface area contributed by atoms with E-state index in [0.717, 1.165) is 26.2 Å². The molecule has 1 aromatic carbocycles. The molecule has 0 aliphatic carbocycles. The molecule has 0 spiro atoms. The molecule has 5 heteroatoms. The molecule has 3 nitrogen and oxygen atoms in total. The van der Waals surface area contributed by atoms with Gasteiger partial charge in [0.1, 0.15) is 0 Å². The summed E-state index contributed by atoms with van der Waals surface area (Å²) < 4.78 is 0. The Hall–Kier alpha value is -0.790. The Morgan fingerprint density at radius 3 is 2.10 bits per heavy atom. The van der Waals surface area contributed by atoms with Crippen LogP contribution in [-0.2, 0) is 0 Å². The number of nitriles is 1. The molecule has 0 amide bonds. The maximum atomic E-state index is 9.08. The van der Waals surface area contributed by atoms with Crippen molar-refractivity contribution in [2.24, 2.45) is 0 Å². The van der Waals surface area contributed by atoms with E-state index in [0.29, 0.717) is 12.3 Å². The van der Waals surface area contributed by atoms with Crippen molar-refractivity contribution >= 4 is 24.8 Å². The van der Waals surface area contributed by atoms with Gasteiger partial charge in [0.15, 0.2) is 0 Å². The highest BCUT2D eigenvalue weighted by atomic mass is 35.5. The van der Waals surface area contributed by atoms with Crippen LogP contribution in [0.4, 0.5) is 0 Å². The van der Waals surface area contributed by atoms with Gasteiger partial charge in [0, 0.05) is 32.2 Å². The summed E-state index contributed by atoms with van der Waals surface area (Å²) in [4.78, 5) is 2.42. The van der Waals surface area contributed by atoms with Gasteiger partial charge >= 0.3 is 0 Å². The first-order chi connectivity index (χ1) is 9.22. The fraction of sp³-hybridized carbons (Fsp3) is 0.562. The quantitative estimate of drug-likeness (QED) is 0.918. The molecule has 1 aromatic rings. The summed E-state index contributed by atoms with van der Waals surface area (Å²) in [5.41, 5.74) is 2.63. The van der Waals surface area contributed by atoms with E-state index in [2.05, 4.69) is 54.4 Å². The zero-order chi connectivity index (χ0) is 13.7. The highest BCUT2D eigenvalue weighted by molar-refractivity contribution is 5.85. The van der Waals surface area contributed by atoms with Gasteiger partial charge in [-0.05, 0) is 17.0 Å². The summed E-state index contributed by atoms with van der Waals surface area (Å²) in [6.45, 7) is 8.50. The molecule has 2 rings (SSSR count). The number of piperazine rings is 1. The van der Waals surface area contributed by atoms with Gasteiger partial charge < -0.3 is 5.32 Å². The second-order valence-electron chi connectivity index (χ2n) is 5.49. The average molecular weight is 330 g/mol. The molecule has 0 saturated carbocycles. The van der Waals surface area contributed by atoms with Crippen molar-refractivity contribution in [3.8, 4) is 6.07 Å². The van der Waals surface area contributed by atoms with Crippen LogP contribution >= 0.6 is 24.8 Å². The summed E-state index contributed by atoms with van der Waals surface area (Å²) in [6, 6.07) is 11.4. The van der Waals surface area contributed by atoms with E-state index in [1.54, 1.807) is 0 Å². The molecule has 1 aliphatic heterocycles. The summed E-state index contributed by atoms with van der Waals surface area (Å²) in [5, 5.41) is 12.4. The van der Waals surface area contributed by atoms with Crippen molar-refractivity contribution < 1.29 is 0 Å². The standard InChI is InChI=1S/C16H23N3.2ClH/c1-13(2)14-3-5-15(6-4-14)16(7-8-17)19-11-9-18-10-12-19;;/h3-6,13,16,18H,7,9-12H2,1-2H3;2*1H/t16-;;/m0../s1. The first-order valence-corrected chi connectivity index (χ1v) is 7.14. The van der Waals surface area contributed by atoms with E-state index in [9.17, 15) is 0 Å². The predicted octanol–water partition coefficient (Wildman–Crippen LogP) is 3.51. The van der Waals surface area contributed by atoms with Crippen LogP contribution in [0.2, 0.25) is 0 Å². The molecule has 0 bridgehead atoms. The summed E-state index contributed by atoms with van der Waals surface area (Å²) in [5.74, 6) is 0.558. The van der Waals surface area contributed by atoms with E-state index < -0.39 is 0 Å². The molecule has 1 fully saturated rings. The fourth-order valence-electron chi connectivity index (χ4n) is 2.64. The Morgan fingerprint density at radius 1 is 1.10 bits per heavy atom. The molecule has 118 valence electrons. The molecule has 1 aliphatic rings. The molecule has 1 atom stereocenters. The van der Waals surface area contributed by atoms with E-state index in [-0.39, 0.29) is 30.9 Å². The lowest BCUT2D eigenvalue weighted by Gasteiger charge is -2.34. The average Bonchev–Trinajstić information content (AvgIpc) is 2.46. The number of nitrogens with zero attached hydrogens (tertiary/aromatic N) is 2. The summed E-state index contributed by atoms with van der Waals surface area (Å²) in [7, 11) is 0. The maximum absolute atomic E-state index is 9.08. The lowest BCUT2D eigenvalue weighted by molar-refractivity contribution is 0.175. The van der Waals surface area contributed by atoms with Crippen LogP contribution in [0.1, 0.15) is 43.4 Å². The van der Waals surface area contributed by atoms with E-state index in [4.69, 9.17) is 5.26 Å². The number of halogens is 2. The zero-order valence-electron chi connectivity index (χ0n) is 12.7. The Labute approximate surface area is 140 Å². The van der Waals surface area contributed by atoms with Crippen LogP contribution < -0.4 is 5.32 Å². The second kappa shape index (κ2) is 10.0. The monoisotopic (exact) mass is 329 g/mol. The van der Waals surface area contributed by atoms with E-state index in [1.807, 2.05) is 0 Å². The number of nitrogens with one attached hydrogen (secondary N) is 1. The molecule has 21 heavy (non-hydrogen) atoms. The second-order valence-corrected chi connectivity index (χ2v) is 5.49. The van der Waals surface area contributed by atoms with Crippen LogP contribution in [0.3, 0.4) is 0 Å². The Bertz CT molecular complexity index is 434. The first-order valence-electron chi connectivity index (χ1n) is 7.14. The normalized spacial score (nSPS) is 16.5. The molecule has 1 heterocycles. The zero-order valence-corrected chi connectivity index (χ0v) is 14.3. The van der Waals surface area contributed by atoms with Crippen LogP contribution in [0.15, 0.2) is 24.3 Å². The van der Waals surface area contributed by atoms with Crippen LogP contribution in [-0.4, -0.2) is 31.1 Å². The third kappa shape index (κ3) is 5.48. The van der Waals surface area contributed by atoms with Crippen LogP contribution in [0.5, 0.6) is 0 Å². The molecule has 0 radical (unpaired) electrons. The van der Waals surface area contributed by atoms with Gasteiger partial charge in [-0.2, -0.15) is 5.26 Å². The van der Waals surface area contributed by atoms with Crippen molar-refractivity contribution in [2.45, 2.75) is 32.2 Å². The fourth-order valence-corrected chi connectivity index (χ4v) is 2.64. The molecular weight excluding hydrogens is 305 g/mol. The Kier molecular flexibility index (Phi) is 9.65. The minimum absolute atomic E-state index is 0. The van der Waals surface area contributed by atoms with Crippen molar-refractivity contribution in [3.63, 3.8) is 0 Å². The van der Waals surface area contributed by atoms with Gasteiger partial charge in [0.2, 0.25) is 0 Å². The van der Waals surface area contributed by atoms with Gasteiger partial charge in [-0.3, -0.25) is 4.90 Å². The lowest BCUT2D eigenvalue weighted by Crippen LogP contribution is -2.45. The van der Waals surface area contributed by atoms with E-state index in [1.165, 1.54) is 11.1 Å². The Morgan fingerprint density at radius 2 is 1.62 bits per heavy atom. The topological polar surface area (TPSA) is 39.1 Å². The third-order valence-corrected chi connectivity index (χ3v) is 3.86. The van der Waals surface area contributed by atoms with Gasteiger partial charge in [-0.1, -0.05) is 38.1 Å². The highest BCUT2D eigenvalue weighted by Crippen LogP contribution is 2.26. The minimum Gasteiger partial charge on any atom is -0.314 e. The molecule has 1 saturated heterocycles. The number of rotatable bonds is 4. The smallest absolute Gasteiger partial charge is 0.0641 e. The van der Waals surface area contributed by atoms with Crippen molar-refractivity contribution in [3.05, 3.63) is 35.4 Å². The van der Waals surface area contributed by atoms with Gasteiger partial charge in [-0.15, -0.1) is 24.8 Å². The van der Waals surface area contributed by atoms with Crippen LogP contribution in [0, 0.1) is 11.3 Å². The maximum Gasteiger partial charge on any atom is 0.0641 e.